The van der Waals surface area contributed by atoms with Crippen LogP contribution in [0.4, 0.5) is 0 Å². The van der Waals surface area contributed by atoms with Crippen LogP contribution in [0.2, 0.25) is 0 Å². The Balaban J connectivity index is 1.75. The molecule has 2 amide bonds. The number of hydrogen-bond donors (Lipinski definition) is 0. The van der Waals surface area contributed by atoms with Gasteiger partial charge in [0.05, 0.1) is 5.56 Å². The molecular formula is C19H25N3O2. The zero-order valence-corrected chi connectivity index (χ0v) is 14.9. The molecular weight excluding hydrogens is 302 g/mol. The number of fused-ring (bicyclic) bond motifs is 1. The third-order valence-corrected chi connectivity index (χ3v) is 4.62. The van der Waals surface area contributed by atoms with Crippen LogP contribution < -0.4 is 0 Å². The highest BCUT2D eigenvalue weighted by Crippen LogP contribution is 2.23. The van der Waals surface area contributed by atoms with Gasteiger partial charge < -0.3 is 14.4 Å². The lowest BCUT2D eigenvalue weighted by molar-refractivity contribution is -0.140. The first kappa shape index (κ1) is 16.6. The Kier molecular flexibility index (Phi) is 4.11. The van der Waals surface area contributed by atoms with Crippen LogP contribution in [0, 0.1) is 5.41 Å². The lowest BCUT2D eigenvalue weighted by Gasteiger charge is -2.37. The molecule has 1 aliphatic heterocycles. The lowest BCUT2D eigenvalue weighted by Crippen LogP contribution is -2.53. The number of benzene rings is 1. The molecule has 128 valence electrons. The number of piperazine rings is 1. The maximum absolute atomic E-state index is 12.9. The number of rotatable bonds is 1. The maximum atomic E-state index is 12.9. The minimum absolute atomic E-state index is 0.0506. The molecule has 0 radical (unpaired) electrons. The van der Waals surface area contributed by atoms with Gasteiger partial charge in [-0.3, -0.25) is 9.59 Å². The number of aryl methyl sites for hydroxylation is 1. The zero-order chi connectivity index (χ0) is 17.5. The summed E-state index contributed by atoms with van der Waals surface area (Å²) in [6.45, 7) is 8.18. The topological polar surface area (TPSA) is 45.6 Å². The summed E-state index contributed by atoms with van der Waals surface area (Å²) in [7, 11) is 1.96. The second-order valence-electron chi connectivity index (χ2n) is 7.51. The number of carbonyl (C=O) groups is 2. The normalized spacial score (nSPS) is 15.8. The van der Waals surface area contributed by atoms with E-state index in [2.05, 4.69) is 0 Å². The van der Waals surface area contributed by atoms with Crippen LogP contribution in [0.25, 0.3) is 10.9 Å². The summed E-state index contributed by atoms with van der Waals surface area (Å²) in [5, 5.41) is 0.984. The Morgan fingerprint density at radius 3 is 2.17 bits per heavy atom. The van der Waals surface area contributed by atoms with Gasteiger partial charge in [-0.05, 0) is 6.07 Å². The van der Waals surface area contributed by atoms with Gasteiger partial charge in [0.2, 0.25) is 5.91 Å². The van der Waals surface area contributed by atoms with E-state index in [1.165, 1.54) is 0 Å². The lowest BCUT2D eigenvalue weighted by atomic mass is 9.94. The highest BCUT2D eigenvalue weighted by atomic mass is 16.2. The second-order valence-corrected chi connectivity index (χ2v) is 7.51. The summed E-state index contributed by atoms with van der Waals surface area (Å²) in [5.74, 6) is 0.203. The first-order valence-corrected chi connectivity index (χ1v) is 8.42. The summed E-state index contributed by atoms with van der Waals surface area (Å²) in [6, 6.07) is 7.94. The van der Waals surface area contributed by atoms with Gasteiger partial charge in [0.1, 0.15) is 0 Å². The average molecular weight is 327 g/mol. The standard InChI is InChI=1S/C19H25N3O2/c1-19(2,3)18(24)22-11-9-21(10-12-22)17(23)15-13-20(4)16-8-6-5-7-14(15)16/h5-8,13H,9-12H2,1-4H3. The van der Waals surface area contributed by atoms with Crippen molar-refractivity contribution >= 4 is 22.7 Å². The van der Waals surface area contributed by atoms with Crippen LogP contribution in [0.1, 0.15) is 31.1 Å². The molecule has 3 rings (SSSR count). The summed E-state index contributed by atoms with van der Waals surface area (Å²) in [6.07, 6.45) is 1.90. The van der Waals surface area contributed by atoms with E-state index in [0.29, 0.717) is 26.2 Å². The number of aromatic nitrogens is 1. The van der Waals surface area contributed by atoms with E-state index in [0.717, 1.165) is 16.5 Å². The van der Waals surface area contributed by atoms with Crippen molar-refractivity contribution in [3.8, 4) is 0 Å². The van der Waals surface area contributed by atoms with E-state index < -0.39 is 0 Å². The monoisotopic (exact) mass is 327 g/mol. The highest BCUT2D eigenvalue weighted by Gasteiger charge is 2.31. The Labute approximate surface area is 142 Å². The van der Waals surface area contributed by atoms with Gasteiger partial charge in [0.25, 0.3) is 5.91 Å². The maximum Gasteiger partial charge on any atom is 0.256 e. The number of nitrogens with zero attached hydrogens (tertiary/aromatic N) is 3. The van der Waals surface area contributed by atoms with Crippen molar-refractivity contribution in [1.29, 1.82) is 0 Å². The molecule has 0 spiro atoms. The Morgan fingerprint density at radius 2 is 1.54 bits per heavy atom. The van der Waals surface area contributed by atoms with E-state index in [1.54, 1.807) is 0 Å². The van der Waals surface area contributed by atoms with Crippen molar-refractivity contribution in [2.24, 2.45) is 12.5 Å². The number of para-hydroxylation sites is 1. The molecule has 1 aromatic carbocycles. The predicted molar refractivity (Wildman–Crippen MR) is 94.9 cm³/mol. The van der Waals surface area contributed by atoms with Crippen molar-refractivity contribution < 1.29 is 9.59 Å². The molecule has 5 heteroatoms. The van der Waals surface area contributed by atoms with Gasteiger partial charge in [-0.1, -0.05) is 39.0 Å². The molecule has 0 aliphatic carbocycles. The molecule has 1 aromatic heterocycles. The van der Waals surface area contributed by atoms with Gasteiger partial charge in [-0.15, -0.1) is 0 Å². The Bertz CT molecular complexity index is 777. The van der Waals surface area contributed by atoms with Crippen LogP contribution in [-0.4, -0.2) is 52.4 Å². The first-order valence-electron chi connectivity index (χ1n) is 8.42. The van der Waals surface area contributed by atoms with Crippen molar-refractivity contribution in [3.05, 3.63) is 36.0 Å². The summed E-state index contributed by atoms with van der Waals surface area (Å²) in [4.78, 5) is 29.0. The molecule has 1 aliphatic rings. The summed E-state index contributed by atoms with van der Waals surface area (Å²) < 4.78 is 1.99. The smallest absolute Gasteiger partial charge is 0.256 e. The van der Waals surface area contributed by atoms with Crippen LogP contribution in [0.5, 0.6) is 0 Å². The average Bonchev–Trinajstić information content (AvgIpc) is 2.90. The Morgan fingerprint density at radius 1 is 0.958 bits per heavy atom. The number of hydrogen-bond acceptors (Lipinski definition) is 2. The minimum Gasteiger partial charge on any atom is -0.350 e. The molecule has 0 unspecified atom stereocenters. The molecule has 0 N–H and O–H groups in total. The van der Waals surface area contributed by atoms with E-state index in [1.807, 2.05) is 72.6 Å². The van der Waals surface area contributed by atoms with Crippen LogP contribution in [0.3, 0.4) is 0 Å². The molecule has 5 nitrogen and oxygen atoms in total. The quantitative estimate of drug-likeness (QED) is 0.808. The van der Waals surface area contributed by atoms with E-state index in [9.17, 15) is 9.59 Å². The fraction of sp³-hybridized carbons (Fsp3) is 0.474. The van der Waals surface area contributed by atoms with Gasteiger partial charge in [-0.2, -0.15) is 0 Å². The van der Waals surface area contributed by atoms with Gasteiger partial charge in [0, 0.05) is 55.7 Å². The van der Waals surface area contributed by atoms with Crippen LogP contribution in [0.15, 0.2) is 30.5 Å². The first-order chi connectivity index (χ1) is 11.3. The molecule has 0 bridgehead atoms. The summed E-state index contributed by atoms with van der Waals surface area (Å²) >= 11 is 0. The fourth-order valence-corrected chi connectivity index (χ4v) is 3.27. The van der Waals surface area contributed by atoms with Gasteiger partial charge in [0.15, 0.2) is 0 Å². The fourth-order valence-electron chi connectivity index (χ4n) is 3.27. The van der Waals surface area contributed by atoms with Crippen molar-refractivity contribution in [2.75, 3.05) is 26.2 Å². The van der Waals surface area contributed by atoms with Crippen molar-refractivity contribution in [2.45, 2.75) is 20.8 Å². The largest absolute Gasteiger partial charge is 0.350 e. The van der Waals surface area contributed by atoms with Crippen LogP contribution >= 0.6 is 0 Å². The van der Waals surface area contributed by atoms with Gasteiger partial charge in [-0.25, -0.2) is 0 Å². The third-order valence-electron chi connectivity index (χ3n) is 4.62. The van der Waals surface area contributed by atoms with Crippen LogP contribution in [-0.2, 0) is 11.8 Å². The molecule has 2 aromatic rings. The Hall–Kier alpha value is -2.30. The molecule has 0 atom stereocenters. The third kappa shape index (κ3) is 2.90. The van der Waals surface area contributed by atoms with Crippen molar-refractivity contribution in [1.82, 2.24) is 14.4 Å². The predicted octanol–water partition coefficient (Wildman–Crippen LogP) is 2.51. The minimum atomic E-state index is -0.373. The van der Waals surface area contributed by atoms with E-state index >= 15 is 0 Å². The van der Waals surface area contributed by atoms with Gasteiger partial charge >= 0.3 is 0 Å². The number of carbonyl (C=O) groups excluding carboxylic acids is 2. The SMILES string of the molecule is Cn1cc(C(=O)N2CCN(C(=O)C(C)(C)C)CC2)c2ccccc21. The molecule has 2 heterocycles. The highest BCUT2D eigenvalue weighted by molar-refractivity contribution is 6.07. The van der Waals surface area contributed by atoms with E-state index in [4.69, 9.17) is 0 Å². The second kappa shape index (κ2) is 5.96. The zero-order valence-electron chi connectivity index (χ0n) is 14.9. The molecule has 1 fully saturated rings. The molecule has 1 saturated heterocycles. The summed E-state index contributed by atoms with van der Waals surface area (Å²) in [5.41, 5.74) is 1.42. The van der Waals surface area contributed by atoms with E-state index in [-0.39, 0.29) is 17.2 Å². The molecule has 0 saturated carbocycles. The van der Waals surface area contributed by atoms with Crippen molar-refractivity contribution in [3.63, 3.8) is 0 Å². The molecule has 24 heavy (non-hydrogen) atoms. The number of amides is 2.